The fraction of sp³-hybridized carbons (Fsp3) is 0.475. The van der Waals surface area contributed by atoms with E-state index in [-0.39, 0.29) is 35.7 Å². The molecular formula is C40H49N9O6S. The van der Waals surface area contributed by atoms with Crippen molar-refractivity contribution in [2.75, 3.05) is 27.3 Å². The summed E-state index contributed by atoms with van der Waals surface area (Å²) in [4.78, 5) is 77.8. The molecule has 0 unspecified atom stereocenters. The van der Waals surface area contributed by atoms with Crippen LogP contribution in [0.15, 0.2) is 36.4 Å². The fourth-order valence-electron chi connectivity index (χ4n) is 7.81. The van der Waals surface area contributed by atoms with Gasteiger partial charge in [-0.1, -0.05) is 33.8 Å². The first kappa shape index (κ1) is 38.8. The number of hydrogen-bond donors (Lipinski definition) is 4. The summed E-state index contributed by atoms with van der Waals surface area (Å²) in [7, 11) is 2.58. The minimum atomic E-state index is -0.702. The van der Waals surface area contributed by atoms with Gasteiger partial charge in [-0.25, -0.2) is 24.5 Å². The normalized spacial score (nSPS) is 18.2. The van der Waals surface area contributed by atoms with Gasteiger partial charge in [-0.15, -0.1) is 11.3 Å². The molecule has 0 radical (unpaired) electrons. The minimum Gasteiger partial charge on any atom is -0.453 e. The molecule has 0 aliphatic carbocycles. The number of aromatic nitrogens is 5. The standard InChI is InChI=1S/C40H49N9O6S/c1-20(2)31(46-39(52)54-6)37(50)48-16-8-10-29(48)34-42-25-14-12-23(18-27(25)44-34)33-22(5)41-36(56-33)24-13-15-26-28(19-24)45-35(43-26)30-11-9-17-49(30)38(51)32(21(3)4)47-40(53)55-7/h12-15,18-21,29-32H,8-11,16-17H2,1-7H3,(H,42,44)(H,43,45)(H,46,52)(H,47,53)/t29-,30-,31-,32-/m0/s1. The molecule has 4 amide bonds. The number of carbonyl (C=O) groups excluding carboxylic acids is 4. The second kappa shape index (κ2) is 15.9. The number of hydrogen-bond acceptors (Lipinski definition) is 10. The second-order valence-electron chi connectivity index (χ2n) is 15.2. The first-order valence-corrected chi connectivity index (χ1v) is 20.0. The number of benzene rings is 2. The number of amides is 4. The van der Waals surface area contributed by atoms with Crippen LogP contribution >= 0.6 is 11.3 Å². The number of aryl methyl sites for hydroxylation is 1. The van der Waals surface area contributed by atoms with Gasteiger partial charge in [0.1, 0.15) is 28.7 Å². The zero-order chi connectivity index (χ0) is 39.8. The summed E-state index contributed by atoms with van der Waals surface area (Å²) >= 11 is 1.60. The zero-order valence-electron chi connectivity index (χ0n) is 32.8. The molecule has 5 heterocycles. The Bertz CT molecular complexity index is 2280. The Balaban J connectivity index is 1.10. The lowest BCUT2D eigenvalue weighted by Gasteiger charge is -2.29. The highest BCUT2D eigenvalue weighted by molar-refractivity contribution is 7.18. The van der Waals surface area contributed by atoms with Crippen LogP contribution in [0.25, 0.3) is 43.1 Å². The molecule has 3 aromatic heterocycles. The summed E-state index contributed by atoms with van der Waals surface area (Å²) in [5, 5.41) is 6.27. The molecule has 296 valence electrons. The highest BCUT2D eigenvalue weighted by Crippen LogP contribution is 2.39. The molecule has 0 bridgehead atoms. The quantitative estimate of drug-likeness (QED) is 0.121. The van der Waals surface area contributed by atoms with Crippen LogP contribution in [0.2, 0.25) is 0 Å². The number of H-pyrrole nitrogens is 2. The molecule has 56 heavy (non-hydrogen) atoms. The van der Waals surface area contributed by atoms with Gasteiger partial charge in [0.05, 0.1) is 58.9 Å². The number of nitrogens with zero attached hydrogens (tertiary/aromatic N) is 5. The molecule has 5 aromatic rings. The van der Waals surface area contributed by atoms with Gasteiger partial charge in [0.2, 0.25) is 11.8 Å². The average molecular weight is 784 g/mol. The number of methoxy groups -OCH3 is 2. The fourth-order valence-corrected chi connectivity index (χ4v) is 8.87. The predicted molar refractivity (Wildman–Crippen MR) is 213 cm³/mol. The van der Waals surface area contributed by atoms with E-state index in [9.17, 15) is 19.2 Å². The first-order valence-electron chi connectivity index (χ1n) is 19.1. The predicted octanol–water partition coefficient (Wildman–Crippen LogP) is 6.63. The van der Waals surface area contributed by atoms with Gasteiger partial charge >= 0.3 is 12.2 Å². The van der Waals surface area contributed by atoms with Crippen LogP contribution in [0.5, 0.6) is 0 Å². The molecule has 0 saturated carbocycles. The Labute approximate surface area is 329 Å². The van der Waals surface area contributed by atoms with E-state index in [2.05, 4.69) is 32.7 Å². The van der Waals surface area contributed by atoms with E-state index < -0.39 is 24.3 Å². The maximum atomic E-state index is 13.7. The Hall–Kier alpha value is -5.51. The maximum Gasteiger partial charge on any atom is 0.407 e. The molecule has 16 heteroatoms. The summed E-state index contributed by atoms with van der Waals surface area (Å²) in [6.07, 6.45) is 1.95. The molecule has 2 fully saturated rings. The Kier molecular flexibility index (Phi) is 11.0. The van der Waals surface area contributed by atoms with Gasteiger partial charge in [-0.2, -0.15) is 0 Å². The molecule has 2 aliphatic heterocycles. The number of rotatable bonds is 10. The lowest BCUT2D eigenvalue weighted by atomic mass is 10.0. The monoisotopic (exact) mass is 783 g/mol. The molecule has 2 aliphatic rings. The lowest BCUT2D eigenvalue weighted by Crippen LogP contribution is -2.51. The van der Waals surface area contributed by atoms with Crippen LogP contribution < -0.4 is 10.6 Å². The van der Waals surface area contributed by atoms with E-state index in [4.69, 9.17) is 24.4 Å². The first-order chi connectivity index (χ1) is 26.9. The van der Waals surface area contributed by atoms with E-state index in [0.717, 1.165) is 80.3 Å². The third-order valence-corrected chi connectivity index (χ3v) is 12.1. The van der Waals surface area contributed by atoms with Crippen molar-refractivity contribution in [1.29, 1.82) is 0 Å². The smallest absolute Gasteiger partial charge is 0.407 e. The molecule has 2 aromatic carbocycles. The van der Waals surface area contributed by atoms with Crippen LogP contribution in [0.1, 0.15) is 82.8 Å². The third kappa shape index (κ3) is 7.53. The van der Waals surface area contributed by atoms with Crippen molar-refractivity contribution < 1.29 is 28.7 Å². The van der Waals surface area contributed by atoms with Crippen LogP contribution in [-0.2, 0) is 19.1 Å². The second-order valence-corrected chi connectivity index (χ2v) is 16.2. The number of carbonyl (C=O) groups is 4. The lowest BCUT2D eigenvalue weighted by molar-refractivity contribution is -0.136. The number of alkyl carbamates (subject to hydrolysis) is 2. The van der Waals surface area contributed by atoms with E-state index in [1.54, 1.807) is 11.3 Å². The molecule has 4 N–H and O–H groups in total. The van der Waals surface area contributed by atoms with Crippen molar-refractivity contribution in [2.45, 2.75) is 84.5 Å². The largest absolute Gasteiger partial charge is 0.453 e. The summed E-state index contributed by atoms with van der Waals surface area (Å²) in [5.74, 6) is 0.910. The van der Waals surface area contributed by atoms with Gasteiger partial charge < -0.3 is 39.9 Å². The van der Waals surface area contributed by atoms with Crippen molar-refractivity contribution in [3.63, 3.8) is 0 Å². The number of ether oxygens (including phenoxy) is 2. The van der Waals surface area contributed by atoms with Crippen LogP contribution in [0.3, 0.4) is 0 Å². The number of likely N-dealkylation sites (tertiary alicyclic amines) is 2. The third-order valence-electron chi connectivity index (χ3n) is 10.8. The van der Waals surface area contributed by atoms with Crippen molar-refractivity contribution >= 4 is 57.4 Å². The van der Waals surface area contributed by atoms with Crippen LogP contribution in [-0.4, -0.2) is 98.1 Å². The van der Waals surface area contributed by atoms with Crippen molar-refractivity contribution in [1.82, 2.24) is 45.4 Å². The van der Waals surface area contributed by atoms with Gasteiger partial charge in [-0.05, 0) is 80.3 Å². The SMILES string of the molecule is COC(=O)N[C@H](C(=O)N1CCC[C@H]1c1nc2cc(-c3nc(C)c(-c4ccc5[nH]c([C@@H]6CCCN6C(=O)[C@@H](NC(=O)OC)C(C)C)nc5c4)s3)ccc2[nH]1)C(C)C. The number of fused-ring (bicyclic) bond motifs is 2. The van der Waals surface area contributed by atoms with Crippen LogP contribution in [0.4, 0.5) is 9.59 Å². The highest BCUT2D eigenvalue weighted by atomic mass is 32.1. The number of aromatic amines is 2. The van der Waals surface area contributed by atoms with Gasteiger partial charge in [0.25, 0.3) is 0 Å². The number of nitrogens with one attached hydrogen (secondary N) is 4. The topological polar surface area (TPSA) is 188 Å². The van der Waals surface area contributed by atoms with Crippen molar-refractivity contribution in [2.24, 2.45) is 11.8 Å². The Morgan fingerprint density at radius 3 is 1.66 bits per heavy atom. The summed E-state index contributed by atoms with van der Waals surface area (Å²) in [6.45, 7) is 10.8. The van der Waals surface area contributed by atoms with Crippen LogP contribution in [0, 0.1) is 18.8 Å². The Morgan fingerprint density at radius 1 is 0.732 bits per heavy atom. The maximum absolute atomic E-state index is 13.7. The van der Waals surface area contributed by atoms with Crippen molar-refractivity contribution in [3.05, 3.63) is 53.7 Å². The van der Waals surface area contributed by atoms with Gasteiger partial charge in [-0.3, -0.25) is 9.59 Å². The molecular weight excluding hydrogens is 735 g/mol. The number of thiazole rings is 1. The summed E-state index contributed by atoms with van der Waals surface area (Å²) < 4.78 is 9.55. The zero-order valence-corrected chi connectivity index (χ0v) is 33.6. The van der Waals surface area contributed by atoms with E-state index in [1.165, 1.54) is 14.2 Å². The van der Waals surface area contributed by atoms with Gasteiger partial charge in [0.15, 0.2) is 0 Å². The van der Waals surface area contributed by atoms with E-state index >= 15 is 0 Å². The average Bonchev–Trinajstić information content (AvgIpc) is 4.03. The summed E-state index contributed by atoms with van der Waals surface area (Å²) in [6, 6.07) is 10.3. The highest BCUT2D eigenvalue weighted by Gasteiger charge is 2.39. The van der Waals surface area contributed by atoms with Gasteiger partial charge in [0, 0.05) is 18.7 Å². The molecule has 0 spiro atoms. The Morgan fingerprint density at radius 2 is 1.20 bits per heavy atom. The molecule has 2 saturated heterocycles. The molecule has 7 rings (SSSR count). The van der Waals surface area contributed by atoms with E-state index in [0.29, 0.717) is 18.9 Å². The van der Waals surface area contributed by atoms with E-state index in [1.807, 2.05) is 68.7 Å². The minimum absolute atomic E-state index is 0.116. The summed E-state index contributed by atoms with van der Waals surface area (Å²) in [5.41, 5.74) is 6.15. The van der Waals surface area contributed by atoms with Crippen molar-refractivity contribution in [3.8, 4) is 21.0 Å². The number of imidazole rings is 2. The molecule has 15 nitrogen and oxygen atoms in total. The molecule has 4 atom stereocenters.